The number of carbonyl (C=O) groups excluding carboxylic acids is 2. The van der Waals surface area contributed by atoms with Gasteiger partial charge in [0.25, 0.3) is 5.91 Å². The third kappa shape index (κ3) is 2.89. The Labute approximate surface area is 157 Å². The van der Waals surface area contributed by atoms with Crippen LogP contribution < -0.4 is 10.6 Å². The third-order valence-corrected chi connectivity index (χ3v) is 5.42. The molecule has 0 radical (unpaired) electrons. The molecule has 1 atom stereocenters. The van der Waals surface area contributed by atoms with Gasteiger partial charge in [0, 0.05) is 37.6 Å². The van der Waals surface area contributed by atoms with Crippen molar-refractivity contribution in [3.05, 3.63) is 47.8 Å². The summed E-state index contributed by atoms with van der Waals surface area (Å²) >= 11 is 0. The predicted octanol–water partition coefficient (Wildman–Crippen LogP) is 1.78. The minimum absolute atomic E-state index is 0.00269. The number of likely N-dealkylation sites (tertiary alicyclic amines) is 1. The minimum atomic E-state index is -0.539. The second-order valence-electron chi connectivity index (χ2n) is 7.07. The Morgan fingerprint density at radius 3 is 2.81 bits per heavy atom. The van der Waals surface area contributed by atoms with Crippen LogP contribution in [-0.4, -0.2) is 41.8 Å². The number of rotatable bonds is 2. The molecule has 3 heterocycles. The summed E-state index contributed by atoms with van der Waals surface area (Å²) in [6.07, 6.45) is 5.12. The highest BCUT2D eigenvalue weighted by atomic mass is 16.2. The Kier molecular flexibility index (Phi) is 4.04. The highest BCUT2D eigenvalue weighted by Crippen LogP contribution is 2.41. The van der Waals surface area contributed by atoms with Crippen LogP contribution in [-0.2, 0) is 11.2 Å². The zero-order chi connectivity index (χ0) is 19.0. The summed E-state index contributed by atoms with van der Waals surface area (Å²) < 4.78 is 0. The molecule has 2 N–H and O–H groups in total. The summed E-state index contributed by atoms with van der Waals surface area (Å²) in [4.78, 5) is 30.1. The lowest BCUT2D eigenvalue weighted by atomic mass is 9.76. The van der Waals surface area contributed by atoms with Crippen molar-refractivity contribution in [2.45, 2.75) is 12.8 Å². The van der Waals surface area contributed by atoms with Gasteiger partial charge in [-0.1, -0.05) is 12.1 Å². The molecular formula is C20H19N5O2. The molecule has 2 aliphatic heterocycles. The van der Waals surface area contributed by atoms with Gasteiger partial charge in [-0.3, -0.25) is 14.6 Å². The molecule has 4 rings (SSSR count). The maximum absolute atomic E-state index is 12.6. The number of hydrogen-bond donors (Lipinski definition) is 2. The molecular weight excluding hydrogens is 342 g/mol. The highest BCUT2D eigenvalue weighted by molar-refractivity contribution is 5.99. The van der Waals surface area contributed by atoms with Crippen LogP contribution in [0.3, 0.4) is 0 Å². The predicted molar refractivity (Wildman–Crippen MR) is 99.6 cm³/mol. The van der Waals surface area contributed by atoms with E-state index in [0.717, 1.165) is 22.4 Å². The van der Waals surface area contributed by atoms with E-state index < -0.39 is 5.41 Å². The van der Waals surface area contributed by atoms with E-state index in [1.54, 1.807) is 24.2 Å². The standard InChI is InChI=1S/C20H19N5O2/c1-22-18(26)17-5-3-14(10-23-17)13-2-4-16-15(8-13)9-20(19(27)24-16)6-7-25(11-20)12-21/h2-5,8,10H,6-7,9,11H2,1H3,(H,22,26)(H,24,27). The molecule has 136 valence electrons. The van der Waals surface area contributed by atoms with Crippen molar-refractivity contribution in [2.75, 3.05) is 25.5 Å². The first-order valence-electron chi connectivity index (χ1n) is 8.82. The lowest BCUT2D eigenvalue weighted by molar-refractivity contribution is -0.125. The molecule has 2 aromatic rings. The Hall–Kier alpha value is -3.40. The molecule has 2 amide bonds. The molecule has 1 spiro atoms. The van der Waals surface area contributed by atoms with Gasteiger partial charge < -0.3 is 15.5 Å². The van der Waals surface area contributed by atoms with Crippen LogP contribution in [0.1, 0.15) is 22.5 Å². The quantitative estimate of drug-likeness (QED) is 0.795. The molecule has 2 aliphatic rings. The van der Waals surface area contributed by atoms with Gasteiger partial charge in [0.05, 0.1) is 5.41 Å². The van der Waals surface area contributed by atoms with Crippen molar-refractivity contribution in [2.24, 2.45) is 5.41 Å². The average molecular weight is 361 g/mol. The van der Waals surface area contributed by atoms with Crippen molar-refractivity contribution in [3.63, 3.8) is 0 Å². The summed E-state index contributed by atoms with van der Waals surface area (Å²) in [5.74, 6) is -0.225. The van der Waals surface area contributed by atoms with Crippen molar-refractivity contribution < 1.29 is 9.59 Å². The van der Waals surface area contributed by atoms with Crippen LogP contribution in [0.25, 0.3) is 11.1 Å². The Morgan fingerprint density at radius 1 is 1.33 bits per heavy atom. The molecule has 1 unspecified atom stereocenters. The summed E-state index contributed by atoms with van der Waals surface area (Å²) in [5, 5.41) is 14.7. The number of nitrogens with one attached hydrogen (secondary N) is 2. The van der Waals surface area contributed by atoms with Crippen molar-refractivity contribution in [3.8, 4) is 17.3 Å². The van der Waals surface area contributed by atoms with E-state index in [-0.39, 0.29) is 11.8 Å². The van der Waals surface area contributed by atoms with E-state index in [1.807, 2.05) is 18.2 Å². The van der Waals surface area contributed by atoms with E-state index in [1.165, 1.54) is 0 Å². The van der Waals surface area contributed by atoms with Gasteiger partial charge in [-0.15, -0.1) is 0 Å². The molecule has 0 aliphatic carbocycles. The average Bonchev–Trinajstić information content (AvgIpc) is 3.12. The van der Waals surface area contributed by atoms with Crippen LogP contribution in [0.15, 0.2) is 36.5 Å². The molecule has 0 bridgehead atoms. The normalized spacial score (nSPS) is 20.7. The topological polar surface area (TPSA) is 98.1 Å². The first-order valence-corrected chi connectivity index (χ1v) is 8.82. The smallest absolute Gasteiger partial charge is 0.269 e. The Morgan fingerprint density at radius 2 is 2.15 bits per heavy atom. The van der Waals surface area contributed by atoms with Gasteiger partial charge in [0.15, 0.2) is 6.19 Å². The van der Waals surface area contributed by atoms with Gasteiger partial charge >= 0.3 is 0 Å². The zero-order valence-corrected chi connectivity index (χ0v) is 15.0. The summed E-state index contributed by atoms with van der Waals surface area (Å²) in [6.45, 7) is 1.07. The largest absolute Gasteiger partial charge is 0.354 e. The van der Waals surface area contributed by atoms with Gasteiger partial charge in [0.2, 0.25) is 5.91 Å². The number of hydrogen-bond acceptors (Lipinski definition) is 5. The first kappa shape index (κ1) is 17.0. The van der Waals surface area contributed by atoms with E-state index in [9.17, 15) is 9.59 Å². The number of aromatic nitrogens is 1. The molecule has 1 saturated heterocycles. The maximum atomic E-state index is 12.6. The first-order chi connectivity index (χ1) is 13.0. The lowest BCUT2D eigenvalue weighted by Crippen LogP contribution is -2.43. The zero-order valence-electron chi connectivity index (χ0n) is 15.0. The number of amides is 2. The van der Waals surface area contributed by atoms with Gasteiger partial charge in [-0.25, -0.2) is 0 Å². The van der Waals surface area contributed by atoms with Crippen LogP contribution in [0.2, 0.25) is 0 Å². The van der Waals surface area contributed by atoms with E-state index in [4.69, 9.17) is 5.26 Å². The van der Waals surface area contributed by atoms with Crippen molar-refractivity contribution in [1.29, 1.82) is 5.26 Å². The SMILES string of the molecule is CNC(=O)c1ccc(-c2ccc3c(c2)CC2(CCN(C#N)C2)C(=O)N3)cn1. The van der Waals surface area contributed by atoms with Crippen LogP contribution >= 0.6 is 0 Å². The van der Waals surface area contributed by atoms with E-state index in [0.29, 0.717) is 31.6 Å². The molecule has 0 saturated carbocycles. The van der Waals surface area contributed by atoms with Crippen LogP contribution in [0.4, 0.5) is 5.69 Å². The Bertz CT molecular complexity index is 963. The highest BCUT2D eigenvalue weighted by Gasteiger charge is 2.47. The van der Waals surface area contributed by atoms with E-state index in [2.05, 4.69) is 27.9 Å². The summed E-state index contributed by atoms with van der Waals surface area (Å²) in [7, 11) is 1.57. The second-order valence-corrected chi connectivity index (χ2v) is 7.07. The molecule has 27 heavy (non-hydrogen) atoms. The minimum Gasteiger partial charge on any atom is -0.354 e. The van der Waals surface area contributed by atoms with Crippen LogP contribution in [0, 0.1) is 16.9 Å². The number of pyridine rings is 1. The fraction of sp³-hybridized carbons (Fsp3) is 0.300. The van der Waals surface area contributed by atoms with E-state index >= 15 is 0 Å². The number of fused-ring (bicyclic) bond motifs is 1. The molecule has 1 aromatic carbocycles. The molecule has 7 nitrogen and oxygen atoms in total. The maximum Gasteiger partial charge on any atom is 0.269 e. The number of carbonyl (C=O) groups is 2. The fourth-order valence-corrected chi connectivity index (χ4v) is 3.86. The number of nitrogens with zero attached hydrogens (tertiary/aromatic N) is 3. The Balaban J connectivity index is 1.64. The van der Waals surface area contributed by atoms with Crippen molar-refractivity contribution >= 4 is 17.5 Å². The molecule has 1 aromatic heterocycles. The van der Waals surface area contributed by atoms with Gasteiger partial charge in [-0.2, -0.15) is 5.26 Å². The number of nitriles is 1. The van der Waals surface area contributed by atoms with Gasteiger partial charge in [-0.05, 0) is 42.2 Å². The third-order valence-electron chi connectivity index (χ3n) is 5.42. The van der Waals surface area contributed by atoms with Crippen molar-refractivity contribution in [1.82, 2.24) is 15.2 Å². The second kappa shape index (κ2) is 6.40. The fourth-order valence-electron chi connectivity index (χ4n) is 3.86. The monoisotopic (exact) mass is 361 g/mol. The number of anilines is 1. The lowest BCUT2D eigenvalue weighted by Gasteiger charge is -2.33. The number of benzene rings is 1. The molecule has 7 heteroatoms. The van der Waals surface area contributed by atoms with Gasteiger partial charge in [0.1, 0.15) is 5.69 Å². The van der Waals surface area contributed by atoms with Crippen LogP contribution in [0.5, 0.6) is 0 Å². The summed E-state index contributed by atoms with van der Waals surface area (Å²) in [6, 6.07) is 9.45. The summed E-state index contributed by atoms with van der Waals surface area (Å²) in [5.41, 5.74) is 3.59. The molecule has 1 fully saturated rings.